The van der Waals surface area contributed by atoms with Crippen molar-refractivity contribution in [3.63, 3.8) is 0 Å². The van der Waals surface area contributed by atoms with Gasteiger partial charge in [-0.2, -0.15) is 4.98 Å². The number of primary sulfonamides is 1. The molecule has 0 saturated carbocycles. The van der Waals surface area contributed by atoms with Crippen molar-refractivity contribution in [2.75, 3.05) is 12.4 Å². The van der Waals surface area contributed by atoms with Crippen molar-refractivity contribution < 1.29 is 32.0 Å². The van der Waals surface area contributed by atoms with Gasteiger partial charge in [-0.25, -0.2) is 18.4 Å². The van der Waals surface area contributed by atoms with Gasteiger partial charge < -0.3 is 19.3 Å². The van der Waals surface area contributed by atoms with Crippen molar-refractivity contribution in [1.82, 2.24) is 10.1 Å². The Balaban J connectivity index is 1.54. The summed E-state index contributed by atoms with van der Waals surface area (Å²) in [5.41, 5.74) is 0.525. The molecule has 30 heavy (non-hydrogen) atoms. The van der Waals surface area contributed by atoms with E-state index in [0.29, 0.717) is 11.4 Å². The molecule has 0 radical (unpaired) electrons. The molecule has 0 fully saturated rings. The van der Waals surface area contributed by atoms with E-state index in [9.17, 15) is 18.0 Å². The standard InChI is InChI=1S/C17H16N4O7S2/c1-26-12-5-3-2-4-11(12)19-14(22)7-13-20-15(28-21-13)8-27-17(23)10-6-16(29-9-10)30(18,24)25/h2-6,9H,7-8H2,1H3,(H,19,22)(H2,18,24,25). The molecule has 2 aromatic heterocycles. The Labute approximate surface area is 174 Å². The lowest BCUT2D eigenvalue weighted by Gasteiger charge is -2.08. The molecule has 0 unspecified atom stereocenters. The SMILES string of the molecule is COc1ccccc1NC(=O)Cc1noc(COC(=O)c2csc(S(N)(=O)=O)c2)n1. The first-order valence-electron chi connectivity index (χ1n) is 8.29. The normalized spacial score (nSPS) is 11.1. The number of nitrogens with one attached hydrogen (secondary N) is 1. The van der Waals surface area contributed by atoms with Crippen LogP contribution in [-0.4, -0.2) is 37.5 Å². The average Bonchev–Trinajstić information content (AvgIpc) is 3.36. The molecular formula is C17H16N4O7S2. The highest BCUT2D eigenvalue weighted by Crippen LogP contribution is 2.23. The highest BCUT2D eigenvalue weighted by Gasteiger charge is 2.18. The van der Waals surface area contributed by atoms with Crippen LogP contribution in [0.15, 0.2) is 44.4 Å². The number of hydrogen-bond acceptors (Lipinski definition) is 10. The van der Waals surface area contributed by atoms with E-state index in [1.165, 1.54) is 12.5 Å². The minimum absolute atomic E-state index is 0.0228. The highest BCUT2D eigenvalue weighted by atomic mass is 32.2. The van der Waals surface area contributed by atoms with Gasteiger partial charge in [-0.15, -0.1) is 11.3 Å². The van der Waals surface area contributed by atoms with E-state index in [2.05, 4.69) is 15.5 Å². The second-order valence-corrected chi connectivity index (χ2v) is 8.50. The van der Waals surface area contributed by atoms with Crippen molar-refractivity contribution in [2.24, 2.45) is 5.14 Å². The second-order valence-electron chi connectivity index (χ2n) is 5.81. The van der Waals surface area contributed by atoms with E-state index in [4.69, 9.17) is 19.1 Å². The number of carbonyl (C=O) groups excluding carboxylic acids is 2. The van der Waals surface area contributed by atoms with E-state index in [-0.39, 0.29) is 34.5 Å². The molecule has 3 aromatic rings. The molecule has 0 aliphatic carbocycles. The maximum Gasteiger partial charge on any atom is 0.339 e. The van der Waals surface area contributed by atoms with E-state index in [0.717, 1.165) is 17.4 Å². The fraction of sp³-hybridized carbons (Fsp3) is 0.176. The van der Waals surface area contributed by atoms with Crippen LogP contribution < -0.4 is 15.2 Å². The van der Waals surface area contributed by atoms with Gasteiger partial charge in [0.1, 0.15) is 9.96 Å². The summed E-state index contributed by atoms with van der Waals surface area (Å²) >= 11 is 0.802. The lowest BCUT2D eigenvalue weighted by Crippen LogP contribution is -2.15. The molecule has 0 atom stereocenters. The van der Waals surface area contributed by atoms with Gasteiger partial charge in [-0.05, 0) is 18.2 Å². The summed E-state index contributed by atoms with van der Waals surface area (Å²) in [5.74, 6) is -0.594. The van der Waals surface area contributed by atoms with Crippen LogP contribution >= 0.6 is 11.3 Å². The first-order valence-corrected chi connectivity index (χ1v) is 10.7. The number of thiophene rings is 1. The Bertz CT molecular complexity index is 1170. The molecule has 1 aromatic carbocycles. The number of nitrogens with zero attached hydrogens (tertiary/aromatic N) is 2. The predicted molar refractivity (Wildman–Crippen MR) is 104 cm³/mol. The number of carbonyl (C=O) groups is 2. The number of amides is 1. The van der Waals surface area contributed by atoms with Crippen LogP contribution in [0.4, 0.5) is 5.69 Å². The zero-order valence-electron chi connectivity index (χ0n) is 15.5. The monoisotopic (exact) mass is 452 g/mol. The maximum absolute atomic E-state index is 12.2. The number of sulfonamides is 1. The number of nitrogens with two attached hydrogens (primary N) is 1. The molecule has 0 spiro atoms. The quantitative estimate of drug-likeness (QED) is 0.480. The molecule has 11 nitrogen and oxygen atoms in total. The van der Waals surface area contributed by atoms with Gasteiger partial charge in [-0.1, -0.05) is 17.3 Å². The molecule has 2 heterocycles. The molecule has 1 amide bonds. The fourth-order valence-corrected chi connectivity index (χ4v) is 3.86. The van der Waals surface area contributed by atoms with Gasteiger partial charge in [0, 0.05) is 5.38 Å². The zero-order chi connectivity index (χ0) is 21.7. The number of benzene rings is 1. The fourth-order valence-electron chi connectivity index (χ4n) is 2.29. The topological polar surface area (TPSA) is 164 Å². The number of rotatable bonds is 8. The number of para-hydroxylation sites is 2. The summed E-state index contributed by atoms with van der Waals surface area (Å²) in [6.45, 7) is -0.347. The Kier molecular flexibility index (Phi) is 6.44. The van der Waals surface area contributed by atoms with Crippen molar-refractivity contribution in [1.29, 1.82) is 0 Å². The van der Waals surface area contributed by atoms with Gasteiger partial charge in [-0.3, -0.25) is 4.79 Å². The smallest absolute Gasteiger partial charge is 0.339 e. The Morgan fingerprint density at radius 3 is 2.77 bits per heavy atom. The van der Waals surface area contributed by atoms with Crippen molar-refractivity contribution in [2.45, 2.75) is 17.2 Å². The summed E-state index contributed by atoms with van der Waals surface area (Å²) in [6.07, 6.45) is -0.169. The lowest BCUT2D eigenvalue weighted by molar-refractivity contribution is -0.115. The molecule has 3 rings (SSSR count). The predicted octanol–water partition coefficient (Wildman–Crippen LogP) is 1.33. The number of aromatic nitrogens is 2. The molecule has 0 aliphatic rings. The van der Waals surface area contributed by atoms with Gasteiger partial charge in [0.15, 0.2) is 12.4 Å². The number of ether oxygens (including phenoxy) is 2. The summed E-state index contributed by atoms with van der Waals surface area (Å²) in [4.78, 5) is 28.1. The number of anilines is 1. The highest BCUT2D eigenvalue weighted by molar-refractivity contribution is 7.91. The summed E-state index contributed by atoms with van der Waals surface area (Å²) in [7, 11) is -2.40. The van der Waals surface area contributed by atoms with Crippen LogP contribution in [0.3, 0.4) is 0 Å². The number of esters is 1. The molecule has 0 aliphatic heterocycles. The third kappa shape index (κ3) is 5.40. The minimum atomic E-state index is -3.89. The Morgan fingerprint density at radius 1 is 1.30 bits per heavy atom. The molecule has 158 valence electrons. The summed E-state index contributed by atoms with van der Waals surface area (Å²) in [6, 6.07) is 8.02. The first-order chi connectivity index (χ1) is 14.3. The van der Waals surface area contributed by atoms with Crippen molar-refractivity contribution in [3.8, 4) is 5.75 Å². The van der Waals surface area contributed by atoms with Crippen molar-refractivity contribution >= 4 is 38.9 Å². The van der Waals surface area contributed by atoms with Gasteiger partial charge >= 0.3 is 5.97 Å². The van der Waals surface area contributed by atoms with Crippen LogP contribution in [0.1, 0.15) is 22.1 Å². The van der Waals surface area contributed by atoms with E-state index in [1.54, 1.807) is 24.3 Å². The van der Waals surface area contributed by atoms with Gasteiger partial charge in [0.25, 0.3) is 5.89 Å². The third-order valence-electron chi connectivity index (χ3n) is 3.63. The summed E-state index contributed by atoms with van der Waals surface area (Å²) in [5, 5.41) is 12.6. The number of methoxy groups -OCH3 is 1. The third-order valence-corrected chi connectivity index (χ3v) is 6.01. The van der Waals surface area contributed by atoms with Gasteiger partial charge in [0.2, 0.25) is 15.9 Å². The van der Waals surface area contributed by atoms with Crippen LogP contribution in [-0.2, 0) is 32.6 Å². The Hall–Kier alpha value is -3.29. The van der Waals surface area contributed by atoms with Crippen molar-refractivity contribution in [3.05, 3.63) is 53.0 Å². The molecular weight excluding hydrogens is 436 g/mol. The van der Waals surface area contributed by atoms with Crippen LogP contribution in [0.5, 0.6) is 5.75 Å². The van der Waals surface area contributed by atoms with Crippen LogP contribution in [0, 0.1) is 0 Å². The minimum Gasteiger partial charge on any atom is -0.495 e. The zero-order valence-corrected chi connectivity index (χ0v) is 17.2. The molecule has 0 bridgehead atoms. The van der Waals surface area contributed by atoms with Gasteiger partial charge in [0.05, 0.1) is 24.8 Å². The molecule has 0 saturated heterocycles. The van der Waals surface area contributed by atoms with E-state index < -0.39 is 21.9 Å². The number of hydrogen-bond donors (Lipinski definition) is 2. The lowest BCUT2D eigenvalue weighted by atomic mass is 10.2. The Morgan fingerprint density at radius 2 is 2.07 bits per heavy atom. The van der Waals surface area contributed by atoms with Crippen LogP contribution in [0.25, 0.3) is 0 Å². The largest absolute Gasteiger partial charge is 0.495 e. The summed E-state index contributed by atoms with van der Waals surface area (Å²) < 4.78 is 37.5. The van der Waals surface area contributed by atoms with Crippen LogP contribution in [0.2, 0.25) is 0 Å². The molecule has 3 N–H and O–H groups in total. The average molecular weight is 452 g/mol. The molecule has 13 heteroatoms. The van der Waals surface area contributed by atoms with E-state index in [1.807, 2.05) is 0 Å². The second kappa shape index (κ2) is 9.02. The first kappa shape index (κ1) is 21.4. The maximum atomic E-state index is 12.2. The van der Waals surface area contributed by atoms with E-state index >= 15 is 0 Å².